The van der Waals surface area contributed by atoms with Gasteiger partial charge >= 0.3 is 5.97 Å². The second-order valence-electron chi connectivity index (χ2n) is 6.40. The predicted octanol–water partition coefficient (Wildman–Crippen LogP) is 3.32. The molecule has 5 nitrogen and oxygen atoms in total. The molecule has 1 aromatic heterocycles. The third-order valence-electron chi connectivity index (χ3n) is 4.63. The van der Waals surface area contributed by atoms with Crippen molar-refractivity contribution >= 4 is 11.8 Å². The first-order valence-corrected chi connectivity index (χ1v) is 8.60. The molecule has 1 saturated heterocycles. The minimum atomic E-state index is -0.484. The highest BCUT2D eigenvalue weighted by Gasteiger charge is 2.21. The van der Waals surface area contributed by atoms with Gasteiger partial charge in [-0.2, -0.15) is 0 Å². The quantitative estimate of drug-likeness (QED) is 0.597. The fourth-order valence-electron chi connectivity index (χ4n) is 3.22. The Morgan fingerprint density at radius 3 is 2.68 bits per heavy atom. The van der Waals surface area contributed by atoms with Crippen molar-refractivity contribution in [2.75, 3.05) is 13.2 Å². The van der Waals surface area contributed by atoms with Crippen LogP contribution in [0.1, 0.15) is 44.9 Å². The van der Waals surface area contributed by atoms with Crippen LogP contribution >= 0.6 is 0 Å². The Morgan fingerprint density at radius 1 is 1.24 bits per heavy atom. The number of ether oxygens (including phenoxy) is 2. The summed E-state index contributed by atoms with van der Waals surface area (Å²) in [4.78, 5) is 24.5. The number of nitrogens with zero attached hydrogens (tertiary/aromatic N) is 1. The average molecular weight is 341 g/mol. The maximum atomic E-state index is 12.5. The number of benzene rings is 1. The summed E-state index contributed by atoms with van der Waals surface area (Å²) in [7, 11) is 0. The molecule has 1 aliphatic rings. The topological polar surface area (TPSA) is 57.5 Å². The molecule has 0 N–H and O–H groups in total. The molecule has 0 radical (unpaired) electrons. The van der Waals surface area contributed by atoms with Gasteiger partial charge in [-0.3, -0.25) is 4.79 Å². The lowest BCUT2D eigenvalue weighted by atomic mass is 10.1. The first-order valence-electron chi connectivity index (χ1n) is 8.60. The van der Waals surface area contributed by atoms with Crippen molar-refractivity contribution in [1.82, 2.24) is 4.57 Å². The molecule has 1 unspecified atom stereocenters. The molecular formula is C20H23NO4. The fourth-order valence-corrected chi connectivity index (χ4v) is 3.22. The van der Waals surface area contributed by atoms with Crippen molar-refractivity contribution in [3.05, 3.63) is 58.9 Å². The number of rotatable bonds is 6. The summed E-state index contributed by atoms with van der Waals surface area (Å²) in [5.41, 5.74) is 2.97. The summed E-state index contributed by atoms with van der Waals surface area (Å²) < 4.78 is 13.0. The van der Waals surface area contributed by atoms with Gasteiger partial charge in [0, 0.05) is 30.1 Å². The van der Waals surface area contributed by atoms with Crippen molar-refractivity contribution in [3.8, 4) is 0 Å². The van der Waals surface area contributed by atoms with Gasteiger partial charge in [0.2, 0.25) is 5.78 Å². The molecule has 0 spiro atoms. The van der Waals surface area contributed by atoms with Crippen LogP contribution in [0, 0.1) is 13.8 Å². The molecule has 1 fully saturated rings. The first kappa shape index (κ1) is 17.4. The number of aromatic nitrogens is 1. The van der Waals surface area contributed by atoms with E-state index in [1.54, 1.807) is 24.3 Å². The van der Waals surface area contributed by atoms with Gasteiger partial charge in [-0.1, -0.05) is 18.2 Å². The van der Waals surface area contributed by atoms with Crippen LogP contribution in [-0.2, 0) is 16.0 Å². The lowest BCUT2D eigenvalue weighted by Crippen LogP contribution is -2.18. The lowest BCUT2D eigenvalue weighted by molar-refractivity contribution is 0.0474. The Hall–Kier alpha value is -2.40. The molecule has 132 valence electrons. The standard InChI is InChI=1S/C20H23NO4/c1-14-11-18(15(2)21(14)12-17-9-6-10-24-17)19(22)13-25-20(23)16-7-4-3-5-8-16/h3-5,7-8,11,17H,6,9-10,12-13H2,1-2H3. The van der Waals surface area contributed by atoms with E-state index in [1.165, 1.54) is 0 Å². The van der Waals surface area contributed by atoms with Crippen LogP contribution in [0.3, 0.4) is 0 Å². The number of esters is 1. The monoisotopic (exact) mass is 341 g/mol. The molecule has 2 aromatic rings. The molecule has 1 aromatic carbocycles. The van der Waals surface area contributed by atoms with Crippen LogP contribution in [0.15, 0.2) is 36.4 Å². The van der Waals surface area contributed by atoms with Crippen molar-refractivity contribution in [2.24, 2.45) is 0 Å². The Kier molecular flexibility index (Phi) is 5.34. The average Bonchev–Trinajstić information content (AvgIpc) is 3.24. The van der Waals surface area contributed by atoms with Crippen LogP contribution in [0.25, 0.3) is 0 Å². The molecule has 1 aliphatic heterocycles. The molecule has 3 rings (SSSR count). The number of carbonyl (C=O) groups is 2. The van der Waals surface area contributed by atoms with Gasteiger partial charge in [0.25, 0.3) is 0 Å². The van der Waals surface area contributed by atoms with Crippen LogP contribution in [0.2, 0.25) is 0 Å². The number of hydrogen-bond donors (Lipinski definition) is 0. The third kappa shape index (κ3) is 3.99. The van der Waals surface area contributed by atoms with E-state index < -0.39 is 5.97 Å². The van der Waals surface area contributed by atoms with Gasteiger partial charge in [0.15, 0.2) is 6.61 Å². The molecule has 0 saturated carbocycles. The van der Waals surface area contributed by atoms with E-state index >= 15 is 0 Å². The van der Waals surface area contributed by atoms with E-state index in [4.69, 9.17) is 9.47 Å². The van der Waals surface area contributed by atoms with E-state index in [1.807, 2.05) is 26.0 Å². The maximum Gasteiger partial charge on any atom is 0.338 e. The molecule has 25 heavy (non-hydrogen) atoms. The minimum Gasteiger partial charge on any atom is -0.454 e. The molecule has 1 atom stereocenters. The lowest BCUT2D eigenvalue weighted by Gasteiger charge is -2.14. The summed E-state index contributed by atoms with van der Waals surface area (Å²) in [6.45, 7) is 5.22. The summed E-state index contributed by atoms with van der Waals surface area (Å²) in [6, 6.07) is 10.5. The van der Waals surface area contributed by atoms with Crippen LogP contribution in [-0.4, -0.2) is 35.6 Å². The summed E-state index contributed by atoms with van der Waals surface area (Å²) in [6.07, 6.45) is 2.35. The molecule has 5 heteroatoms. The van der Waals surface area contributed by atoms with Crippen molar-refractivity contribution < 1.29 is 19.1 Å². The van der Waals surface area contributed by atoms with E-state index in [2.05, 4.69) is 4.57 Å². The molecule has 0 bridgehead atoms. The van der Waals surface area contributed by atoms with E-state index in [-0.39, 0.29) is 18.5 Å². The van der Waals surface area contributed by atoms with Crippen molar-refractivity contribution in [1.29, 1.82) is 0 Å². The zero-order valence-electron chi connectivity index (χ0n) is 14.7. The van der Waals surface area contributed by atoms with Crippen LogP contribution in [0.5, 0.6) is 0 Å². The Labute approximate surface area is 147 Å². The number of hydrogen-bond acceptors (Lipinski definition) is 4. The molecule has 2 heterocycles. The number of aryl methyl sites for hydroxylation is 1. The van der Waals surface area contributed by atoms with Gasteiger partial charge in [-0.05, 0) is 44.9 Å². The van der Waals surface area contributed by atoms with Gasteiger partial charge < -0.3 is 14.0 Å². The maximum absolute atomic E-state index is 12.5. The highest BCUT2D eigenvalue weighted by Crippen LogP contribution is 2.20. The second-order valence-corrected chi connectivity index (χ2v) is 6.40. The summed E-state index contributed by atoms with van der Waals surface area (Å²) in [5, 5.41) is 0. The fraction of sp³-hybridized carbons (Fsp3) is 0.400. The van der Waals surface area contributed by atoms with Crippen LogP contribution < -0.4 is 0 Å². The minimum absolute atomic E-state index is 0.184. The summed E-state index contributed by atoms with van der Waals surface area (Å²) >= 11 is 0. The number of ketones is 1. The third-order valence-corrected chi connectivity index (χ3v) is 4.63. The summed E-state index contributed by atoms with van der Waals surface area (Å²) in [5.74, 6) is -0.668. The molecular weight excluding hydrogens is 318 g/mol. The molecule has 0 aliphatic carbocycles. The Bertz CT molecular complexity index is 758. The molecule has 0 amide bonds. The number of carbonyl (C=O) groups excluding carboxylic acids is 2. The second kappa shape index (κ2) is 7.66. The van der Waals surface area contributed by atoms with Crippen molar-refractivity contribution in [2.45, 2.75) is 39.3 Å². The van der Waals surface area contributed by atoms with Gasteiger partial charge in [-0.15, -0.1) is 0 Å². The van der Waals surface area contributed by atoms with E-state index in [0.717, 1.165) is 37.4 Å². The van der Waals surface area contributed by atoms with E-state index in [0.29, 0.717) is 11.1 Å². The highest BCUT2D eigenvalue weighted by molar-refractivity contribution is 6.00. The van der Waals surface area contributed by atoms with Crippen LogP contribution in [0.4, 0.5) is 0 Å². The van der Waals surface area contributed by atoms with Gasteiger partial charge in [0.05, 0.1) is 11.7 Å². The SMILES string of the molecule is Cc1cc(C(=O)COC(=O)c2ccccc2)c(C)n1CC1CCCO1. The highest BCUT2D eigenvalue weighted by atomic mass is 16.5. The van der Waals surface area contributed by atoms with E-state index in [9.17, 15) is 9.59 Å². The van der Waals surface area contributed by atoms with Crippen molar-refractivity contribution in [3.63, 3.8) is 0 Å². The largest absolute Gasteiger partial charge is 0.454 e. The predicted molar refractivity (Wildman–Crippen MR) is 93.9 cm³/mol. The Morgan fingerprint density at radius 2 is 2.00 bits per heavy atom. The smallest absolute Gasteiger partial charge is 0.338 e. The van der Waals surface area contributed by atoms with Gasteiger partial charge in [0.1, 0.15) is 0 Å². The number of Topliss-reactive ketones (excluding diaryl/α,β-unsaturated/α-hetero) is 1. The van der Waals surface area contributed by atoms with Gasteiger partial charge in [-0.25, -0.2) is 4.79 Å². The zero-order chi connectivity index (χ0) is 17.8. The zero-order valence-corrected chi connectivity index (χ0v) is 14.7. The Balaban J connectivity index is 1.65. The first-order chi connectivity index (χ1) is 12.1. The normalized spacial score (nSPS) is 16.8.